The predicted octanol–water partition coefficient (Wildman–Crippen LogP) is 2.38. The summed E-state index contributed by atoms with van der Waals surface area (Å²) in [6.07, 6.45) is 1.47. The lowest BCUT2D eigenvalue weighted by atomic mass is 10.1. The molecule has 9 heteroatoms. The summed E-state index contributed by atoms with van der Waals surface area (Å²) in [4.78, 5) is 16.5. The topological polar surface area (TPSA) is 109 Å². The Morgan fingerprint density at radius 3 is 2.70 bits per heavy atom. The van der Waals surface area contributed by atoms with Crippen molar-refractivity contribution in [2.75, 3.05) is 0 Å². The number of tetrazole rings is 1. The Morgan fingerprint density at radius 2 is 1.96 bits per heavy atom. The average molecular weight is 362 g/mol. The van der Waals surface area contributed by atoms with Gasteiger partial charge in [-0.25, -0.2) is 9.48 Å². The predicted molar refractivity (Wildman–Crippen MR) is 92.7 cm³/mol. The lowest BCUT2D eigenvalue weighted by Gasteiger charge is -2.03. The van der Waals surface area contributed by atoms with Crippen molar-refractivity contribution < 1.29 is 14.1 Å². The molecule has 0 amide bonds. The Labute approximate surface area is 153 Å². The van der Waals surface area contributed by atoms with Crippen molar-refractivity contribution in [1.82, 2.24) is 30.3 Å². The fourth-order valence-corrected chi connectivity index (χ4v) is 2.49. The van der Waals surface area contributed by atoms with E-state index in [1.54, 1.807) is 24.3 Å². The molecule has 4 rings (SSSR count). The minimum absolute atomic E-state index is 0.105. The molecule has 134 valence electrons. The Kier molecular flexibility index (Phi) is 4.40. The van der Waals surface area contributed by atoms with Crippen molar-refractivity contribution in [2.45, 2.75) is 13.5 Å². The zero-order chi connectivity index (χ0) is 18.6. The van der Waals surface area contributed by atoms with Gasteiger partial charge in [-0.1, -0.05) is 29.4 Å². The molecule has 0 radical (unpaired) electrons. The van der Waals surface area contributed by atoms with E-state index in [4.69, 9.17) is 9.26 Å². The number of esters is 1. The van der Waals surface area contributed by atoms with Gasteiger partial charge >= 0.3 is 5.97 Å². The molecule has 0 saturated carbocycles. The first-order chi connectivity index (χ1) is 13.2. The van der Waals surface area contributed by atoms with Crippen molar-refractivity contribution in [3.63, 3.8) is 0 Å². The van der Waals surface area contributed by atoms with Gasteiger partial charge in [0, 0.05) is 5.56 Å². The van der Waals surface area contributed by atoms with Gasteiger partial charge in [0.15, 0.2) is 6.61 Å². The molecule has 0 unspecified atom stereocenters. The van der Waals surface area contributed by atoms with Crippen LogP contribution in [0.4, 0.5) is 0 Å². The number of aryl methyl sites for hydroxylation is 1. The summed E-state index contributed by atoms with van der Waals surface area (Å²) >= 11 is 0. The minimum Gasteiger partial charge on any atom is -0.452 e. The molecule has 0 atom stereocenters. The molecule has 4 aromatic rings. The molecular formula is C18H14N6O3. The average Bonchev–Trinajstić information content (AvgIpc) is 3.39. The van der Waals surface area contributed by atoms with Gasteiger partial charge in [0.2, 0.25) is 5.82 Å². The summed E-state index contributed by atoms with van der Waals surface area (Å²) in [6, 6.07) is 14.4. The van der Waals surface area contributed by atoms with Crippen LogP contribution in [0.1, 0.15) is 21.8 Å². The van der Waals surface area contributed by atoms with Crippen LogP contribution in [0.3, 0.4) is 0 Å². The zero-order valence-electron chi connectivity index (χ0n) is 14.3. The van der Waals surface area contributed by atoms with Crippen molar-refractivity contribution in [2.24, 2.45) is 0 Å². The summed E-state index contributed by atoms with van der Waals surface area (Å²) < 4.78 is 11.9. The third kappa shape index (κ3) is 3.56. The number of carbonyl (C=O) groups is 1. The fourth-order valence-electron chi connectivity index (χ4n) is 2.49. The van der Waals surface area contributed by atoms with Gasteiger partial charge in [-0.2, -0.15) is 4.98 Å². The monoisotopic (exact) mass is 362 g/mol. The standard InChI is InChI=1S/C18H14N6O3/c1-12-4-2-3-5-15(12)17-20-16(27-21-17)10-26-18(25)13-6-8-14(9-7-13)24-11-19-22-23-24/h2-9,11H,10H2,1H3. The van der Waals surface area contributed by atoms with Gasteiger partial charge in [-0.3, -0.25) is 0 Å². The van der Waals surface area contributed by atoms with E-state index in [-0.39, 0.29) is 12.5 Å². The van der Waals surface area contributed by atoms with E-state index in [0.717, 1.165) is 16.8 Å². The number of benzene rings is 2. The van der Waals surface area contributed by atoms with Crippen molar-refractivity contribution in [3.05, 3.63) is 71.9 Å². The Hall–Kier alpha value is -3.88. The summed E-state index contributed by atoms with van der Waals surface area (Å²) in [6.45, 7) is 1.86. The van der Waals surface area contributed by atoms with E-state index < -0.39 is 5.97 Å². The lowest BCUT2D eigenvalue weighted by Crippen LogP contribution is -2.06. The fraction of sp³-hybridized carbons (Fsp3) is 0.111. The third-order valence-corrected chi connectivity index (χ3v) is 3.90. The first-order valence-corrected chi connectivity index (χ1v) is 8.10. The summed E-state index contributed by atoms with van der Waals surface area (Å²) in [5.74, 6) is 0.200. The number of carbonyl (C=O) groups excluding carboxylic acids is 1. The normalized spacial score (nSPS) is 10.7. The summed E-state index contributed by atoms with van der Waals surface area (Å²) in [5, 5.41) is 14.9. The molecular weight excluding hydrogens is 348 g/mol. The van der Waals surface area contributed by atoms with E-state index in [2.05, 4.69) is 25.7 Å². The van der Waals surface area contributed by atoms with Gasteiger partial charge in [-0.05, 0) is 47.2 Å². The number of hydrogen-bond acceptors (Lipinski definition) is 8. The number of hydrogen-bond donors (Lipinski definition) is 0. The van der Waals surface area contributed by atoms with Crippen molar-refractivity contribution >= 4 is 5.97 Å². The molecule has 0 aliphatic rings. The molecule has 0 N–H and O–H groups in total. The highest BCUT2D eigenvalue weighted by Crippen LogP contribution is 2.20. The van der Waals surface area contributed by atoms with E-state index in [1.165, 1.54) is 11.0 Å². The van der Waals surface area contributed by atoms with Crippen LogP contribution in [-0.4, -0.2) is 36.3 Å². The maximum atomic E-state index is 12.2. The highest BCUT2D eigenvalue weighted by Gasteiger charge is 2.13. The third-order valence-electron chi connectivity index (χ3n) is 3.90. The van der Waals surface area contributed by atoms with E-state index in [0.29, 0.717) is 11.4 Å². The molecule has 0 aliphatic carbocycles. The molecule has 2 heterocycles. The maximum absolute atomic E-state index is 12.2. The van der Waals surface area contributed by atoms with Crippen LogP contribution in [0.15, 0.2) is 59.4 Å². The molecule has 2 aromatic carbocycles. The van der Waals surface area contributed by atoms with Crippen LogP contribution in [0.5, 0.6) is 0 Å². The summed E-state index contributed by atoms with van der Waals surface area (Å²) in [7, 11) is 0. The van der Waals surface area contributed by atoms with Crippen LogP contribution < -0.4 is 0 Å². The van der Waals surface area contributed by atoms with Crippen LogP contribution >= 0.6 is 0 Å². The SMILES string of the molecule is Cc1ccccc1-c1noc(COC(=O)c2ccc(-n3cnnn3)cc2)n1. The quantitative estimate of drug-likeness (QED) is 0.498. The second kappa shape index (κ2) is 7.16. The second-order valence-electron chi connectivity index (χ2n) is 5.70. The van der Waals surface area contributed by atoms with E-state index in [1.807, 2.05) is 31.2 Å². The minimum atomic E-state index is -0.492. The Bertz CT molecular complexity index is 1060. The first-order valence-electron chi connectivity index (χ1n) is 8.10. The molecule has 0 spiro atoms. The number of nitrogens with zero attached hydrogens (tertiary/aromatic N) is 6. The van der Waals surface area contributed by atoms with Crippen molar-refractivity contribution in [3.8, 4) is 17.1 Å². The summed E-state index contributed by atoms with van der Waals surface area (Å²) in [5.41, 5.74) is 3.03. The maximum Gasteiger partial charge on any atom is 0.338 e. The van der Waals surface area contributed by atoms with Gasteiger partial charge in [0.05, 0.1) is 11.3 Å². The van der Waals surface area contributed by atoms with Crippen LogP contribution in [-0.2, 0) is 11.3 Å². The number of rotatable bonds is 5. The number of ether oxygens (including phenoxy) is 1. The zero-order valence-corrected chi connectivity index (χ0v) is 14.3. The van der Waals surface area contributed by atoms with E-state index >= 15 is 0 Å². The highest BCUT2D eigenvalue weighted by molar-refractivity contribution is 5.89. The molecule has 0 aliphatic heterocycles. The van der Waals surface area contributed by atoms with Crippen molar-refractivity contribution in [1.29, 1.82) is 0 Å². The smallest absolute Gasteiger partial charge is 0.338 e. The van der Waals surface area contributed by atoms with Crippen LogP contribution in [0.25, 0.3) is 17.1 Å². The molecule has 27 heavy (non-hydrogen) atoms. The first kappa shape index (κ1) is 16.6. The van der Waals surface area contributed by atoms with Gasteiger partial charge in [-0.15, -0.1) is 5.10 Å². The second-order valence-corrected chi connectivity index (χ2v) is 5.70. The van der Waals surface area contributed by atoms with Crippen LogP contribution in [0.2, 0.25) is 0 Å². The molecule has 0 bridgehead atoms. The molecule has 0 fully saturated rings. The van der Waals surface area contributed by atoms with Gasteiger partial charge < -0.3 is 9.26 Å². The molecule has 2 aromatic heterocycles. The van der Waals surface area contributed by atoms with Crippen LogP contribution in [0, 0.1) is 6.92 Å². The molecule has 9 nitrogen and oxygen atoms in total. The largest absolute Gasteiger partial charge is 0.452 e. The van der Waals surface area contributed by atoms with Gasteiger partial charge in [0.25, 0.3) is 5.89 Å². The Balaban J connectivity index is 1.40. The van der Waals surface area contributed by atoms with E-state index in [9.17, 15) is 4.79 Å². The lowest BCUT2D eigenvalue weighted by molar-refractivity contribution is 0.0430. The Morgan fingerprint density at radius 1 is 1.15 bits per heavy atom. The van der Waals surface area contributed by atoms with Gasteiger partial charge in [0.1, 0.15) is 6.33 Å². The number of aromatic nitrogens is 6. The highest BCUT2D eigenvalue weighted by atomic mass is 16.6. The molecule has 0 saturated heterocycles.